The van der Waals surface area contributed by atoms with Crippen molar-refractivity contribution in [1.82, 2.24) is 4.90 Å². The Bertz CT molecular complexity index is 239. The summed E-state index contributed by atoms with van der Waals surface area (Å²) in [5.41, 5.74) is -0.0330. The molecule has 2 rings (SSSR count). The molecule has 94 valence electrons. The molecule has 0 saturated carbocycles. The highest BCUT2D eigenvalue weighted by Crippen LogP contribution is 2.45. The van der Waals surface area contributed by atoms with E-state index in [0.29, 0.717) is 12.1 Å². The third-order valence-corrected chi connectivity index (χ3v) is 4.33. The van der Waals surface area contributed by atoms with Crippen molar-refractivity contribution in [3.8, 4) is 0 Å². The Morgan fingerprint density at radius 2 is 1.75 bits per heavy atom. The van der Waals surface area contributed by atoms with E-state index in [1.54, 1.807) is 7.11 Å². The van der Waals surface area contributed by atoms with Crippen LogP contribution in [0.5, 0.6) is 0 Å². The highest BCUT2D eigenvalue weighted by atomic mass is 16.5. The van der Waals surface area contributed by atoms with Crippen molar-refractivity contribution in [1.29, 1.82) is 0 Å². The lowest BCUT2D eigenvalue weighted by molar-refractivity contribution is -0.123. The van der Waals surface area contributed by atoms with E-state index >= 15 is 0 Å². The fourth-order valence-corrected chi connectivity index (χ4v) is 3.76. The van der Waals surface area contributed by atoms with Crippen LogP contribution in [0.25, 0.3) is 0 Å². The number of aliphatic hydroxyl groups excluding tert-OH is 1. The zero-order valence-corrected chi connectivity index (χ0v) is 11.0. The molecule has 3 atom stereocenters. The molecular weight excluding hydrogens is 202 g/mol. The molecule has 2 fully saturated rings. The molecule has 3 nitrogen and oxygen atoms in total. The van der Waals surface area contributed by atoms with E-state index in [9.17, 15) is 5.11 Å². The van der Waals surface area contributed by atoms with E-state index in [2.05, 4.69) is 25.7 Å². The van der Waals surface area contributed by atoms with Crippen LogP contribution in [0.3, 0.4) is 0 Å². The first kappa shape index (κ1) is 12.3. The Hall–Kier alpha value is -0.120. The topological polar surface area (TPSA) is 32.7 Å². The largest absolute Gasteiger partial charge is 0.393 e. The van der Waals surface area contributed by atoms with Gasteiger partial charge in [0, 0.05) is 24.7 Å². The minimum Gasteiger partial charge on any atom is -0.393 e. The van der Waals surface area contributed by atoms with Crippen LogP contribution in [-0.2, 0) is 4.74 Å². The van der Waals surface area contributed by atoms with Gasteiger partial charge in [-0.3, -0.25) is 4.90 Å². The summed E-state index contributed by atoms with van der Waals surface area (Å²) in [5, 5.41) is 9.55. The molecular formula is C13H25NO2. The number of ether oxygens (including phenoxy) is 1. The third kappa shape index (κ3) is 1.89. The molecule has 0 aromatic rings. The van der Waals surface area contributed by atoms with Crippen LogP contribution < -0.4 is 0 Å². The fraction of sp³-hybridized carbons (Fsp3) is 1.00. The summed E-state index contributed by atoms with van der Waals surface area (Å²) in [7, 11) is 1.74. The van der Waals surface area contributed by atoms with Gasteiger partial charge >= 0.3 is 0 Å². The summed E-state index contributed by atoms with van der Waals surface area (Å²) in [5.74, 6) is 0. The number of piperidine rings is 1. The van der Waals surface area contributed by atoms with Crippen LogP contribution in [0.4, 0.5) is 0 Å². The maximum Gasteiger partial charge on any atom is 0.0938 e. The van der Waals surface area contributed by atoms with Crippen molar-refractivity contribution in [3.05, 3.63) is 0 Å². The normalized spacial score (nSPS) is 40.3. The maximum atomic E-state index is 9.55. The summed E-state index contributed by atoms with van der Waals surface area (Å²) in [6.45, 7) is 7.03. The van der Waals surface area contributed by atoms with Crippen molar-refractivity contribution in [2.45, 2.75) is 69.7 Å². The zero-order chi connectivity index (χ0) is 12.0. The minimum absolute atomic E-state index is 0.161. The van der Waals surface area contributed by atoms with Crippen LogP contribution in [-0.4, -0.2) is 46.9 Å². The third-order valence-electron chi connectivity index (χ3n) is 4.33. The molecule has 1 N–H and O–H groups in total. The van der Waals surface area contributed by atoms with Gasteiger partial charge in [0.25, 0.3) is 0 Å². The van der Waals surface area contributed by atoms with Crippen LogP contribution in [0.15, 0.2) is 0 Å². The molecule has 0 aromatic heterocycles. The van der Waals surface area contributed by atoms with E-state index in [-0.39, 0.29) is 17.7 Å². The van der Waals surface area contributed by atoms with Gasteiger partial charge in [0.2, 0.25) is 0 Å². The van der Waals surface area contributed by atoms with Gasteiger partial charge in [0.15, 0.2) is 0 Å². The number of hydrogen-bond donors (Lipinski definition) is 1. The smallest absolute Gasteiger partial charge is 0.0938 e. The summed E-state index contributed by atoms with van der Waals surface area (Å²) in [6.07, 6.45) is 4.47. The van der Waals surface area contributed by atoms with Crippen LogP contribution >= 0.6 is 0 Å². The molecule has 0 aromatic carbocycles. The minimum atomic E-state index is -0.270. The first-order valence-electron chi connectivity index (χ1n) is 6.36. The molecule has 2 unspecified atom stereocenters. The Labute approximate surface area is 98.8 Å². The second kappa shape index (κ2) is 3.97. The van der Waals surface area contributed by atoms with Gasteiger partial charge < -0.3 is 9.84 Å². The first-order valence-corrected chi connectivity index (χ1v) is 6.36. The van der Waals surface area contributed by atoms with Gasteiger partial charge in [-0.2, -0.15) is 0 Å². The number of nitrogens with zero attached hydrogens (tertiary/aromatic N) is 1. The van der Waals surface area contributed by atoms with E-state index in [0.717, 1.165) is 12.8 Å². The summed E-state index contributed by atoms with van der Waals surface area (Å²) < 4.78 is 5.59. The number of aliphatic hydroxyl groups is 1. The van der Waals surface area contributed by atoms with Crippen molar-refractivity contribution >= 4 is 0 Å². The summed E-state index contributed by atoms with van der Waals surface area (Å²) in [6, 6.07) is 1.18. The number of methoxy groups -OCH3 is 1. The lowest BCUT2D eigenvalue weighted by Crippen LogP contribution is -2.59. The van der Waals surface area contributed by atoms with Crippen molar-refractivity contribution < 1.29 is 9.84 Å². The van der Waals surface area contributed by atoms with Gasteiger partial charge in [0.05, 0.1) is 12.2 Å². The Balaban J connectivity index is 2.18. The molecule has 2 saturated heterocycles. The molecule has 0 amide bonds. The highest BCUT2D eigenvalue weighted by molar-refractivity contribution is 5.05. The predicted octanol–water partition coefficient (Wildman–Crippen LogP) is 1.79. The van der Waals surface area contributed by atoms with E-state index in [4.69, 9.17) is 4.74 Å². The summed E-state index contributed by atoms with van der Waals surface area (Å²) >= 11 is 0. The van der Waals surface area contributed by atoms with E-state index in [1.165, 1.54) is 12.8 Å². The zero-order valence-electron chi connectivity index (χ0n) is 11.0. The molecule has 16 heavy (non-hydrogen) atoms. The van der Waals surface area contributed by atoms with E-state index in [1.807, 2.05) is 0 Å². The van der Waals surface area contributed by atoms with Crippen LogP contribution in [0, 0.1) is 0 Å². The van der Waals surface area contributed by atoms with Gasteiger partial charge in [-0.25, -0.2) is 0 Å². The van der Waals surface area contributed by atoms with Crippen molar-refractivity contribution in [2.75, 3.05) is 13.7 Å². The molecule has 0 radical (unpaired) electrons. The van der Waals surface area contributed by atoms with Crippen molar-refractivity contribution in [2.24, 2.45) is 0 Å². The highest BCUT2D eigenvalue weighted by Gasteiger charge is 2.51. The Morgan fingerprint density at radius 1 is 1.25 bits per heavy atom. The molecule has 2 aliphatic heterocycles. The molecule has 2 aliphatic rings. The van der Waals surface area contributed by atoms with Gasteiger partial charge in [-0.1, -0.05) is 0 Å². The van der Waals surface area contributed by atoms with Gasteiger partial charge in [-0.05, 0) is 46.5 Å². The summed E-state index contributed by atoms with van der Waals surface area (Å²) in [4.78, 5) is 2.64. The number of hydrogen-bond acceptors (Lipinski definition) is 3. The van der Waals surface area contributed by atoms with Crippen LogP contribution in [0.1, 0.15) is 46.5 Å². The first-order chi connectivity index (χ1) is 7.42. The average Bonchev–Trinajstić information content (AvgIpc) is 2.51. The van der Waals surface area contributed by atoms with Crippen molar-refractivity contribution in [3.63, 3.8) is 0 Å². The van der Waals surface area contributed by atoms with Gasteiger partial charge in [-0.15, -0.1) is 0 Å². The fourth-order valence-electron chi connectivity index (χ4n) is 3.76. The Kier molecular flexibility index (Phi) is 3.06. The molecule has 0 aliphatic carbocycles. The predicted molar refractivity (Wildman–Crippen MR) is 64.5 cm³/mol. The molecule has 2 bridgehead atoms. The van der Waals surface area contributed by atoms with Crippen LogP contribution in [0.2, 0.25) is 0 Å². The quantitative estimate of drug-likeness (QED) is 0.780. The number of fused-ring (bicyclic) bond motifs is 2. The molecule has 3 heteroatoms. The molecule has 0 spiro atoms. The van der Waals surface area contributed by atoms with Gasteiger partial charge in [0.1, 0.15) is 0 Å². The lowest BCUT2D eigenvalue weighted by atomic mass is 9.84. The van der Waals surface area contributed by atoms with E-state index < -0.39 is 0 Å². The Morgan fingerprint density at radius 3 is 2.06 bits per heavy atom. The maximum absolute atomic E-state index is 9.55. The SMILES string of the molecule is COC1(CO)CC2CC[C@H](C1)N2C(C)(C)C. The average molecular weight is 227 g/mol. The lowest BCUT2D eigenvalue weighted by Gasteiger charge is -2.50. The monoisotopic (exact) mass is 227 g/mol. The second-order valence-electron chi connectivity index (χ2n) is 6.42. The standard InChI is InChI=1S/C13H25NO2/c1-12(2,3)14-10-5-6-11(14)8-13(7-10,9-15)16-4/h10-11,15H,5-9H2,1-4H3/t10-,11?,13?/m1/s1. The number of rotatable bonds is 2. The second-order valence-corrected chi connectivity index (χ2v) is 6.42. The molecule has 2 heterocycles.